The van der Waals surface area contributed by atoms with Gasteiger partial charge in [0.2, 0.25) is 0 Å². The van der Waals surface area contributed by atoms with Gasteiger partial charge in [-0.3, -0.25) is 4.79 Å². The number of hydrogen-bond acceptors (Lipinski definition) is 4. The quantitative estimate of drug-likeness (QED) is 0.535. The zero-order chi connectivity index (χ0) is 20.4. The van der Waals surface area contributed by atoms with Gasteiger partial charge in [0.05, 0.1) is 12.8 Å². The molecule has 0 aliphatic rings. The third kappa shape index (κ3) is 3.96. The Bertz CT molecular complexity index is 1150. The summed E-state index contributed by atoms with van der Waals surface area (Å²) in [5, 5.41) is 11.9. The molecule has 146 valence electrons. The molecular formula is C23H22N4O2. The highest BCUT2D eigenvalue weighted by Gasteiger charge is 2.10. The van der Waals surface area contributed by atoms with Gasteiger partial charge in [0.25, 0.3) is 5.91 Å². The SMILES string of the molecule is COc1ccc(-n2nc3ccc(NC(=O)c4ccc(C(C)C)cc4)cc3n2)cc1. The molecule has 4 aromatic rings. The molecule has 0 atom stereocenters. The molecule has 1 aromatic heterocycles. The topological polar surface area (TPSA) is 69.0 Å². The van der Waals surface area contributed by atoms with Gasteiger partial charge >= 0.3 is 0 Å². The van der Waals surface area contributed by atoms with E-state index in [-0.39, 0.29) is 5.91 Å². The minimum Gasteiger partial charge on any atom is -0.497 e. The van der Waals surface area contributed by atoms with Crippen LogP contribution in [0.4, 0.5) is 5.69 Å². The number of methoxy groups -OCH3 is 1. The molecular weight excluding hydrogens is 364 g/mol. The summed E-state index contributed by atoms with van der Waals surface area (Å²) in [6, 6.07) is 20.7. The van der Waals surface area contributed by atoms with Gasteiger partial charge in [-0.25, -0.2) is 0 Å². The van der Waals surface area contributed by atoms with E-state index in [9.17, 15) is 4.79 Å². The molecule has 0 unspecified atom stereocenters. The molecule has 6 heteroatoms. The average Bonchev–Trinajstić information content (AvgIpc) is 3.17. The standard InChI is InChI=1S/C23H22N4O2/c1-15(2)16-4-6-17(7-5-16)23(28)24-18-8-13-21-22(14-18)26-27(25-21)19-9-11-20(29-3)12-10-19/h4-15H,1-3H3,(H,24,28). The van der Waals surface area contributed by atoms with Gasteiger partial charge in [-0.1, -0.05) is 26.0 Å². The zero-order valence-corrected chi connectivity index (χ0v) is 16.6. The van der Waals surface area contributed by atoms with Gasteiger partial charge < -0.3 is 10.1 Å². The van der Waals surface area contributed by atoms with E-state index in [0.717, 1.165) is 17.0 Å². The van der Waals surface area contributed by atoms with Crippen molar-refractivity contribution in [2.24, 2.45) is 0 Å². The van der Waals surface area contributed by atoms with Gasteiger partial charge in [0, 0.05) is 11.3 Å². The number of benzene rings is 3. The van der Waals surface area contributed by atoms with Crippen LogP contribution in [0.25, 0.3) is 16.7 Å². The lowest BCUT2D eigenvalue weighted by molar-refractivity contribution is 0.102. The van der Waals surface area contributed by atoms with Crippen LogP contribution in [0, 0.1) is 0 Å². The van der Waals surface area contributed by atoms with Gasteiger partial charge in [0.1, 0.15) is 16.8 Å². The Balaban J connectivity index is 1.54. The molecule has 1 heterocycles. The number of hydrogen-bond donors (Lipinski definition) is 1. The molecule has 0 aliphatic carbocycles. The molecule has 0 spiro atoms. The van der Waals surface area contributed by atoms with Crippen LogP contribution >= 0.6 is 0 Å². The third-order valence-corrected chi connectivity index (χ3v) is 4.78. The van der Waals surface area contributed by atoms with Crippen LogP contribution in [0.1, 0.15) is 35.7 Å². The van der Waals surface area contributed by atoms with E-state index in [1.807, 2.05) is 66.7 Å². The molecule has 6 nitrogen and oxygen atoms in total. The van der Waals surface area contributed by atoms with Crippen LogP contribution in [0.3, 0.4) is 0 Å². The summed E-state index contributed by atoms with van der Waals surface area (Å²) in [7, 11) is 1.63. The maximum atomic E-state index is 12.6. The van der Waals surface area contributed by atoms with E-state index in [1.54, 1.807) is 11.9 Å². The van der Waals surface area contributed by atoms with E-state index < -0.39 is 0 Å². The summed E-state index contributed by atoms with van der Waals surface area (Å²) < 4.78 is 5.18. The maximum absolute atomic E-state index is 12.6. The fraction of sp³-hybridized carbons (Fsp3) is 0.174. The van der Waals surface area contributed by atoms with Crippen molar-refractivity contribution in [3.8, 4) is 11.4 Å². The number of carbonyl (C=O) groups excluding carboxylic acids is 1. The molecule has 0 fully saturated rings. The highest BCUT2D eigenvalue weighted by Crippen LogP contribution is 2.20. The fourth-order valence-corrected chi connectivity index (χ4v) is 3.05. The Morgan fingerprint density at radius 1 is 0.931 bits per heavy atom. The molecule has 1 amide bonds. The Morgan fingerprint density at radius 2 is 1.62 bits per heavy atom. The zero-order valence-electron chi connectivity index (χ0n) is 16.6. The summed E-state index contributed by atoms with van der Waals surface area (Å²) in [6.45, 7) is 4.26. The predicted molar refractivity (Wildman–Crippen MR) is 114 cm³/mol. The maximum Gasteiger partial charge on any atom is 0.255 e. The van der Waals surface area contributed by atoms with Crippen LogP contribution in [0.5, 0.6) is 5.75 Å². The third-order valence-electron chi connectivity index (χ3n) is 4.78. The average molecular weight is 386 g/mol. The molecule has 0 saturated carbocycles. The number of rotatable bonds is 5. The largest absolute Gasteiger partial charge is 0.497 e. The molecule has 0 bridgehead atoms. The van der Waals surface area contributed by atoms with Crippen LogP contribution < -0.4 is 10.1 Å². The number of nitrogens with zero attached hydrogens (tertiary/aromatic N) is 3. The fourth-order valence-electron chi connectivity index (χ4n) is 3.05. The summed E-state index contributed by atoms with van der Waals surface area (Å²) in [5.41, 5.74) is 4.79. The van der Waals surface area contributed by atoms with E-state index in [1.165, 1.54) is 5.56 Å². The molecule has 0 aliphatic heterocycles. The van der Waals surface area contributed by atoms with E-state index in [0.29, 0.717) is 22.7 Å². The second-order valence-electron chi connectivity index (χ2n) is 7.12. The van der Waals surface area contributed by atoms with Crippen molar-refractivity contribution >= 4 is 22.6 Å². The Kier molecular flexibility index (Phi) is 4.99. The summed E-state index contributed by atoms with van der Waals surface area (Å²) in [6.07, 6.45) is 0. The first-order valence-corrected chi connectivity index (χ1v) is 9.46. The molecule has 0 saturated heterocycles. The molecule has 4 rings (SSSR count). The van der Waals surface area contributed by atoms with Crippen molar-refractivity contribution in [2.75, 3.05) is 12.4 Å². The lowest BCUT2D eigenvalue weighted by Crippen LogP contribution is -2.11. The lowest BCUT2D eigenvalue weighted by atomic mass is 10.0. The van der Waals surface area contributed by atoms with Crippen molar-refractivity contribution < 1.29 is 9.53 Å². The Hall–Kier alpha value is -3.67. The van der Waals surface area contributed by atoms with Crippen molar-refractivity contribution in [3.05, 3.63) is 77.9 Å². The van der Waals surface area contributed by atoms with Crippen LogP contribution in [-0.2, 0) is 0 Å². The Labute approximate surface area is 169 Å². The number of ether oxygens (including phenoxy) is 1. The van der Waals surface area contributed by atoms with Crippen molar-refractivity contribution in [3.63, 3.8) is 0 Å². The van der Waals surface area contributed by atoms with Gasteiger partial charge in [-0.05, 0) is 66.1 Å². The highest BCUT2D eigenvalue weighted by molar-refractivity contribution is 6.04. The predicted octanol–water partition coefficient (Wildman–Crippen LogP) is 4.80. The second kappa shape index (κ2) is 7.75. The summed E-state index contributed by atoms with van der Waals surface area (Å²) >= 11 is 0. The van der Waals surface area contributed by atoms with Crippen LogP contribution in [0.2, 0.25) is 0 Å². The van der Waals surface area contributed by atoms with E-state index in [2.05, 4.69) is 29.4 Å². The van der Waals surface area contributed by atoms with Gasteiger partial charge in [0.15, 0.2) is 0 Å². The monoisotopic (exact) mass is 386 g/mol. The smallest absolute Gasteiger partial charge is 0.255 e. The molecule has 1 N–H and O–H groups in total. The number of carbonyl (C=O) groups is 1. The van der Waals surface area contributed by atoms with Crippen LogP contribution in [-0.4, -0.2) is 28.0 Å². The van der Waals surface area contributed by atoms with E-state index in [4.69, 9.17) is 4.74 Å². The first kappa shape index (κ1) is 18.7. The number of fused-ring (bicyclic) bond motifs is 1. The van der Waals surface area contributed by atoms with Crippen molar-refractivity contribution in [1.82, 2.24) is 15.0 Å². The molecule has 29 heavy (non-hydrogen) atoms. The highest BCUT2D eigenvalue weighted by atomic mass is 16.5. The number of amides is 1. The van der Waals surface area contributed by atoms with E-state index >= 15 is 0 Å². The molecule has 3 aromatic carbocycles. The first-order valence-electron chi connectivity index (χ1n) is 9.46. The lowest BCUT2D eigenvalue weighted by Gasteiger charge is -2.08. The van der Waals surface area contributed by atoms with Crippen molar-refractivity contribution in [1.29, 1.82) is 0 Å². The van der Waals surface area contributed by atoms with Gasteiger partial charge in [-0.15, -0.1) is 10.2 Å². The minimum absolute atomic E-state index is 0.151. The molecule has 0 radical (unpaired) electrons. The minimum atomic E-state index is -0.151. The normalized spacial score (nSPS) is 11.0. The summed E-state index contributed by atoms with van der Waals surface area (Å²) in [4.78, 5) is 14.1. The second-order valence-corrected chi connectivity index (χ2v) is 7.12. The van der Waals surface area contributed by atoms with Crippen LogP contribution in [0.15, 0.2) is 66.7 Å². The number of anilines is 1. The first-order chi connectivity index (χ1) is 14.0. The number of nitrogens with one attached hydrogen (secondary N) is 1. The number of aromatic nitrogens is 3. The van der Waals surface area contributed by atoms with Crippen molar-refractivity contribution in [2.45, 2.75) is 19.8 Å². The Morgan fingerprint density at radius 3 is 2.28 bits per heavy atom. The summed E-state index contributed by atoms with van der Waals surface area (Å²) in [5.74, 6) is 1.06. The van der Waals surface area contributed by atoms with Gasteiger partial charge in [-0.2, -0.15) is 4.80 Å².